The van der Waals surface area contributed by atoms with E-state index in [1.54, 1.807) is 24.3 Å². The number of quaternary nitrogens is 1. The van der Waals surface area contributed by atoms with Crippen molar-refractivity contribution < 1.29 is 44.6 Å². The fraction of sp³-hybridized carbons (Fsp3) is 0.321. The fourth-order valence-corrected chi connectivity index (χ4v) is 6.30. The van der Waals surface area contributed by atoms with E-state index in [2.05, 4.69) is 11.4 Å². The van der Waals surface area contributed by atoms with Gasteiger partial charge >= 0.3 is 6.09 Å². The van der Waals surface area contributed by atoms with Crippen LogP contribution in [0, 0.1) is 28.9 Å². The Balaban J connectivity index is 0.00000336. The van der Waals surface area contributed by atoms with Crippen molar-refractivity contribution in [1.82, 2.24) is 5.32 Å². The summed E-state index contributed by atoms with van der Waals surface area (Å²) >= 11 is 1.20. The van der Waals surface area contributed by atoms with Crippen molar-refractivity contribution in [3.05, 3.63) is 93.2 Å². The van der Waals surface area contributed by atoms with Crippen LogP contribution >= 0.6 is 11.3 Å². The van der Waals surface area contributed by atoms with Crippen LogP contribution in [0.2, 0.25) is 0 Å². The zero-order chi connectivity index (χ0) is 26.0. The Hall–Kier alpha value is -3.13. The van der Waals surface area contributed by atoms with E-state index in [9.17, 15) is 18.4 Å². The van der Waals surface area contributed by atoms with Crippen molar-refractivity contribution in [1.29, 1.82) is 5.26 Å². The quantitative estimate of drug-likeness (QED) is 0.333. The second kappa shape index (κ2) is 11.7. The van der Waals surface area contributed by atoms with E-state index in [-0.39, 0.29) is 34.7 Å². The van der Waals surface area contributed by atoms with Crippen LogP contribution in [0.4, 0.5) is 13.6 Å². The number of hydrogen-bond acceptors (Lipinski definition) is 5. The minimum atomic E-state index is -0.981. The van der Waals surface area contributed by atoms with Crippen LogP contribution in [0.3, 0.4) is 0 Å². The molecule has 3 saturated heterocycles. The number of alkyl carbamates (subject to hydrolysis) is 1. The second-order valence-electron chi connectivity index (χ2n) is 9.81. The molecule has 0 aliphatic carbocycles. The minimum absolute atomic E-state index is 0. The first-order valence-electron chi connectivity index (χ1n) is 12.2. The summed E-state index contributed by atoms with van der Waals surface area (Å²) < 4.78 is 34.2. The molecule has 4 heterocycles. The average Bonchev–Trinajstić information content (AvgIpc) is 3.37. The SMILES string of the molecule is N#Cc1ccc(C(=O)C[N+]23CCC(CC2)[C@@H](NC(=O)OC(c2cccc(F)c2)c2cccc(F)c2)C3)s1.[Br-]. The number of fused-ring (bicyclic) bond motifs is 3. The molecular formula is C28H26BrF2N3O3S. The van der Waals surface area contributed by atoms with Crippen LogP contribution < -0.4 is 22.3 Å². The van der Waals surface area contributed by atoms with Gasteiger partial charge in [0.15, 0.2) is 6.10 Å². The maximum atomic E-state index is 14.0. The van der Waals surface area contributed by atoms with Crippen molar-refractivity contribution in [2.24, 2.45) is 5.92 Å². The molecule has 1 N–H and O–H groups in total. The summed E-state index contributed by atoms with van der Waals surface area (Å²) in [5, 5.41) is 12.1. The zero-order valence-corrected chi connectivity index (χ0v) is 22.8. The Morgan fingerprint density at radius 1 is 1.05 bits per heavy atom. The molecule has 3 aliphatic heterocycles. The number of ketones is 1. The molecule has 198 valence electrons. The monoisotopic (exact) mass is 601 g/mol. The minimum Gasteiger partial charge on any atom is -1.00 e. The average molecular weight is 603 g/mol. The number of carbonyl (C=O) groups excluding carboxylic acids is 2. The number of nitrogens with zero attached hydrogens (tertiary/aromatic N) is 2. The summed E-state index contributed by atoms with van der Waals surface area (Å²) in [6.07, 6.45) is 0.108. The summed E-state index contributed by atoms with van der Waals surface area (Å²) in [5.41, 5.74) is 0.799. The summed E-state index contributed by atoms with van der Waals surface area (Å²) in [6.45, 7) is 2.64. The molecule has 1 aromatic heterocycles. The van der Waals surface area contributed by atoms with Crippen LogP contribution in [0.5, 0.6) is 0 Å². The molecule has 6 rings (SSSR count). The van der Waals surface area contributed by atoms with Crippen molar-refractivity contribution in [2.45, 2.75) is 25.0 Å². The van der Waals surface area contributed by atoms with E-state index in [1.807, 2.05) is 0 Å². The van der Waals surface area contributed by atoms with E-state index in [0.717, 1.165) is 25.9 Å². The number of nitriles is 1. The van der Waals surface area contributed by atoms with Crippen LogP contribution in [0.1, 0.15) is 44.6 Å². The number of benzene rings is 2. The topological polar surface area (TPSA) is 79.2 Å². The highest BCUT2D eigenvalue weighted by molar-refractivity contribution is 7.14. The van der Waals surface area contributed by atoms with Gasteiger partial charge in [0.2, 0.25) is 5.78 Å². The highest BCUT2D eigenvalue weighted by Gasteiger charge is 2.47. The van der Waals surface area contributed by atoms with Crippen molar-refractivity contribution in [3.63, 3.8) is 0 Å². The molecule has 0 unspecified atom stereocenters. The van der Waals surface area contributed by atoms with Gasteiger partial charge in [-0.05, 0) is 53.4 Å². The third-order valence-electron chi connectivity index (χ3n) is 7.40. The van der Waals surface area contributed by atoms with Gasteiger partial charge in [0.25, 0.3) is 0 Å². The third kappa shape index (κ3) is 6.12. The highest BCUT2D eigenvalue weighted by atomic mass is 79.9. The second-order valence-corrected chi connectivity index (χ2v) is 10.9. The van der Waals surface area contributed by atoms with E-state index < -0.39 is 23.8 Å². The van der Waals surface area contributed by atoms with E-state index >= 15 is 0 Å². The molecule has 10 heteroatoms. The molecule has 3 fully saturated rings. The molecule has 3 aromatic rings. The first-order valence-corrected chi connectivity index (χ1v) is 13.0. The van der Waals surface area contributed by atoms with Gasteiger partial charge in [-0.2, -0.15) is 5.26 Å². The molecular weight excluding hydrogens is 576 g/mol. The van der Waals surface area contributed by atoms with Gasteiger partial charge in [0.1, 0.15) is 29.1 Å². The van der Waals surface area contributed by atoms with Crippen molar-refractivity contribution >= 4 is 23.2 Å². The Morgan fingerprint density at radius 3 is 2.24 bits per heavy atom. The molecule has 1 atom stereocenters. The highest BCUT2D eigenvalue weighted by Crippen LogP contribution is 2.35. The molecule has 38 heavy (non-hydrogen) atoms. The Labute approximate surface area is 234 Å². The summed E-state index contributed by atoms with van der Waals surface area (Å²) in [6, 6.07) is 16.7. The summed E-state index contributed by atoms with van der Waals surface area (Å²) in [5.74, 6) is -0.685. The third-order valence-corrected chi connectivity index (χ3v) is 8.43. The maximum absolute atomic E-state index is 14.0. The summed E-state index contributed by atoms with van der Waals surface area (Å²) in [7, 11) is 0. The number of halogens is 3. The number of carbonyl (C=O) groups is 2. The number of piperidine rings is 3. The van der Waals surface area contributed by atoms with Crippen molar-refractivity contribution in [2.75, 3.05) is 26.2 Å². The summed E-state index contributed by atoms with van der Waals surface area (Å²) in [4.78, 5) is 27.1. The Kier molecular flexibility index (Phi) is 8.61. The zero-order valence-electron chi connectivity index (χ0n) is 20.4. The maximum Gasteiger partial charge on any atom is 0.408 e. The van der Waals surface area contributed by atoms with Gasteiger partial charge < -0.3 is 31.5 Å². The molecule has 1 amide bonds. The van der Waals surface area contributed by atoms with E-state index in [0.29, 0.717) is 38.5 Å². The lowest BCUT2D eigenvalue weighted by Crippen LogP contribution is -3.00. The normalized spacial score (nSPS) is 21.8. The largest absolute Gasteiger partial charge is 1.00 e. The predicted molar refractivity (Wildman–Crippen MR) is 134 cm³/mol. The number of amides is 1. The van der Waals surface area contributed by atoms with Crippen LogP contribution in [-0.2, 0) is 4.74 Å². The number of rotatable bonds is 7. The molecule has 0 radical (unpaired) electrons. The van der Waals surface area contributed by atoms with Gasteiger partial charge in [0, 0.05) is 12.8 Å². The van der Waals surface area contributed by atoms with Crippen molar-refractivity contribution in [3.8, 4) is 6.07 Å². The molecule has 6 nitrogen and oxygen atoms in total. The standard InChI is InChI=1S/C28H25F2N3O3S.BrH/c29-21-5-1-3-19(13-21)27(20-4-2-6-22(30)14-20)36-28(35)32-24-16-33(11-9-18(24)10-12-33)17-25(34)26-8-7-23(15-31)37-26;/h1-8,13-14,18,24,27H,9-12,16-17H2;1H/t18?,24-,33?;/m0./s1. The molecule has 2 aromatic carbocycles. The van der Waals surface area contributed by atoms with Crippen LogP contribution in [0.25, 0.3) is 0 Å². The van der Waals surface area contributed by atoms with E-state index in [1.165, 1.54) is 47.7 Å². The Morgan fingerprint density at radius 2 is 1.68 bits per heavy atom. The lowest BCUT2D eigenvalue weighted by Gasteiger charge is -2.52. The van der Waals surface area contributed by atoms with Crippen LogP contribution in [-0.4, -0.2) is 48.6 Å². The van der Waals surface area contributed by atoms with Gasteiger partial charge in [-0.15, -0.1) is 11.3 Å². The van der Waals surface area contributed by atoms with Gasteiger partial charge in [-0.3, -0.25) is 4.79 Å². The van der Waals surface area contributed by atoms with Gasteiger partial charge in [-0.25, -0.2) is 13.6 Å². The number of ether oxygens (including phenoxy) is 1. The van der Waals surface area contributed by atoms with Gasteiger partial charge in [-0.1, -0.05) is 24.3 Å². The fourth-order valence-electron chi connectivity index (χ4n) is 5.56. The predicted octanol–water partition coefficient (Wildman–Crippen LogP) is 2.21. The molecule has 2 bridgehead atoms. The number of nitrogens with one attached hydrogen (secondary N) is 1. The number of hydrogen-bond donors (Lipinski definition) is 1. The Bertz CT molecular complexity index is 1320. The van der Waals surface area contributed by atoms with E-state index in [4.69, 9.17) is 10.00 Å². The molecule has 0 saturated carbocycles. The number of thiophene rings is 1. The first kappa shape index (κ1) is 27.9. The lowest BCUT2D eigenvalue weighted by atomic mass is 9.81. The lowest BCUT2D eigenvalue weighted by molar-refractivity contribution is -0.936. The smallest absolute Gasteiger partial charge is 0.408 e. The van der Waals surface area contributed by atoms with Crippen LogP contribution in [0.15, 0.2) is 60.7 Å². The number of Topliss-reactive ketones (excluding diaryl/α,β-unsaturated/α-hetero) is 1. The first-order chi connectivity index (χ1) is 17.8. The molecule has 3 aliphatic rings. The van der Waals surface area contributed by atoms with Gasteiger partial charge in [0.05, 0.1) is 30.6 Å². The molecule has 0 spiro atoms.